The van der Waals surface area contributed by atoms with Crippen LogP contribution < -0.4 is 5.73 Å². The number of carbonyl (C=O) groups excluding carboxylic acids is 2. The van der Waals surface area contributed by atoms with Crippen LogP contribution in [-0.2, 0) is 25.2 Å². The lowest BCUT2D eigenvalue weighted by Gasteiger charge is -2.42. The summed E-state index contributed by atoms with van der Waals surface area (Å²) in [6.07, 6.45) is 6.92. The smallest absolute Gasteiger partial charge is 0.341 e. The summed E-state index contributed by atoms with van der Waals surface area (Å²) in [5, 5.41) is 4.15. The Morgan fingerprint density at radius 3 is 2.19 bits per heavy atom. The summed E-state index contributed by atoms with van der Waals surface area (Å²) in [5.74, 6) is -1.18. The number of nitrogens with zero attached hydrogens (tertiary/aromatic N) is 1. The zero-order chi connectivity index (χ0) is 27.1. The lowest BCUT2D eigenvalue weighted by Crippen LogP contribution is -2.34. The Bertz CT molecular complexity index is 1110. The number of amides is 1. The molecule has 3 rings (SSSR count). The van der Waals surface area contributed by atoms with Gasteiger partial charge in [0.1, 0.15) is 0 Å². The normalized spacial score (nSPS) is 16.9. The van der Waals surface area contributed by atoms with Gasteiger partial charge in [0.05, 0.1) is 5.56 Å². The Morgan fingerprint density at radius 2 is 1.54 bits per heavy atom. The summed E-state index contributed by atoms with van der Waals surface area (Å²) in [6, 6.07) is 14.7. The quantitative estimate of drug-likeness (QED) is 0.113. The van der Waals surface area contributed by atoms with Crippen LogP contribution in [0.1, 0.15) is 113 Å². The van der Waals surface area contributed by atoms with E-state index < -0.39 is 18.2 Å². The highest BCUT2D eigenvalue weighted by atomic mass is 16.8. The molecule has 6 nitrogen and oxygen atoms in total. The van der Waals surface area contributed by atoms with Gasteiger partial charge < -0.3 is 15.3 Å². The topological polar surface area (TPSA) is 91.0 Å². The van der Waals surface area contributed by atoms with Gasteiger partial charge in [-0.3, -0.25) is 4.79 Å². The first kappa shape index (κ1) is 28.4. The van der Waals surface area contributed by atoms with Crippen molar-refractivity contribution < 1.29 is 19.2 Å². The number of nitrogens with two attached hydrogens (primary N) is 1. The number of fused-ring (bicyclic) bond motifs is 1. The van der Waals surface area contributed by atoms with E-state index in [9.17, 15) is 9.59 Å². The van der Waals surface area contributed by atoms with Crippen LogP contribution in [0.2, 0.25) is 0 Å². The molecule has 0 aliphatic heterocycles. The number of carbonyl (C=O) groups is 2. The third-order valence-electron chi connectivity index (χ3n) is 7.41. The summed E-state index contributed by atoms with van der Waals surface area (Å²) in [6.45, 7) is 11.1. The van der Waals surface area contributed by atoms with Crippen molar-refractivity contribution in [3.8, 4) is 0 Å². The first-order chi connectivity index (χ1) is 17.5. The molecule has 0 spiro atoms. The lowest BCUT2D eigenvalue weighted by molar-refractivity contribution is -0.117. The minimum atomic E-state index is -0.920. The highest BCUT2D eigenvalue weighted by Crippen LogP contribution is 2.45. The van der Waals surface area contributed by atoms with Crippen molar-refractivity contribution in [2.24, 2.45) is 10.9 Å². The van der Waals surface area contributed by atoms with E-state index in [1.807, 2.05) is 18.2 Å². The first-order valence-corrected chi connectivity index (χ1v) is 13.5. The van der Waals surface area contributed by atoms with E-state index in [-0.39, 0.29) is 16.5 Å². The van der Waals surface area contributed by atoms with Gasteiger partial charge in [0.15, 0.2) is 5.71 Å². The molecular formula is C31H42N2O4. The number of hydrogen-bond donors (Lipinski definition) is 1. The van der Waals surface area contributed by atoms with Crippen LogP contribution in [0.15, 0.2) is 53.7 Å². The van der Waals surface area contributed by atoms with Gasteiger partial charge in [-0.2, -0.15) is 0 Å². The molecule has 1 atom stereocenters. The van der Waals surface area contributed by atoms with Gasteiger partial charge in [-0.15, -0.1) is 0 Å². The van der Waals surface area contributed by atoms with E-state index in [2.05, 4.69) is 45.8 Å². The maximum atomic E-state index is 12.7. The maximum Gasteiger partial charge on any atom is 0.341 e. The fourth-order valence-electron chi connectivity index (χ4n) is 4.90. The van der Waals surface area contributed by atoms with Crippen molar-refractivity contribution in [3.63, 3.8) is 0 Å². The number of esters is 1. The highest BCUT2D eigenvalue weighted by molar-refractivity contribution is 6.44. The van der Waals surface area contributed by atoms with Crippen LogP contribution in [0.25, 0.3) is 0 Å². The van der Waals surface area contributed by atoms with Gasteiger partial charge in [-0.25, -0.2) is 4.79 Å². The summed E-state index contributed by atoms with van der Waals surface area (Å²) in [4.78, 5) is 30.8. The molecule has 0 bridgehead atoms. The predicted octanol–water partition coefficient (Wildman–Crippen LogP) is 6.79. The van der Waals surface area contributed by atoms with Gasteiger partial charge in [0.25, 0.3) is 12.2 Å². The van der Waals surface area contributed by atoms with Crippen LogP contribution in [0.5, 0.6) is 0 Å². The van der Waals surface area contributed by atoms with Crippen LogP contribution in [0.3, 0.4) is 0 Å². The van der Waals surface area contributed by atoms with Crippen LogP contribution in [0.4, 0.5) is 0 Å². The minimum Gasteiger partial charge on any atom is -0.419 e. The van der Waals surface area contributed by atoms with Crippen LogP contribution in [-0.4, -0.2) is 23.9 Å². The van der Waals surface area contributed by atoms with Gasteiger partial charge in [0, 0.05) is 12.0 Å². The Hall–Kier alpha value is -3.15. The van der Waals surface area contributed by atoms with Gasteiger partial charge in [-0.1, -0.05) is 95.8 Å². The molecular weight excluding hydrogens is 464 g/mol. The average molecular weight is 507 g/mol. The summed E-state index contributed by atoms with van der Waals surface area (Å²) in [7, 11) is 0. The van der Waals surface area contributed by atoms with Crippen molar-refractivity contribution >= 4 is 17.6 Å². The molecule has 1 aliphatic rings. The zero-order valence-electron chi connectivity index (χ0n) is 23.0. The molecule has 1 unspecified atom stereocenters. The first-order valence-electron chi connectivity index (χ1n) is 13.5. The number of oxime groups is 1. The third-order valence-corrected chi connectivity index (χ3v) is 7.41. The minimum absolute atomic E-state index is 0.0220. The molecule has 6 heteroatoms. The largest absolute Gasteiger partial charge is 0.419 e. The second-order valence-corrected chi connectivity index (χ2v) is 11.3. The molecule has 0 fully saturated rings. The van der Waals surface area contributed by atoms with Crippen molar-refractivity contribution in [2.75, 3.05) is 0 Å². The molecule has 200 valence electrons. The summed E-state index contributed by atoms with van der Waals surface area (Å²) < 4.78 is 5.64. The lowest BCUT2D eigenvalue weighted by atomic mass is 9.63. The average Bonchev–Trinajstić information content (AvgIpc) is 2.87. The monoisotopic (exact) mass is 506 g/mol. The highest BCUT2D eigenvalue weighted by Gasteiger charge is 2.37. The molecule has 0 heterocycles. The van der Waals surface area contributed by atoms with Crippen LogP contribution in [0, 0.1) is 0 Å². The number of benzene rings is 2. The van der Waals surface area contributed by atoms with Crippen LogP contribution >= 0.6 is 0 Å². The van der Waals surface area contributed by atoms with Gasteiger partial charge >= 0.3 is 5.97 Å². The summed E-state index contributed by atoms with van der Waals surface area (Å²) in [5.41, 5.74) is 9.29. The Labute approximate surface area is 221 Å². The second kappa shape index (κ2) is 12.4. The maximum absolute atomic E-state index is 12.7. The van der Waals surface area contributed by atoms with E-state index in [4.69, 9.17) is 15.3 Å². The number of hydrogen-bond acceptors (Lipinski definition) is 5. The number of unbranched alkanes of at least 4 members (excludes halogenated alkanes) is 4. The third kappa shape index (κ3) is 7.43. The predicted molar refractivity (Wildman–Crippen MR) is 148 cm³/mol. The van der Waals surface area contributed by atoms with E-state index in [0.29, 0.717) is 17.5 Å². The second-order valence-electron chi connectivity index (χ2n) is 11.3. The fraction of sp³-hybridized carbons (Fsp3) is 0.516. The molecule has 0 saturated heterocycles. The summed E-state index contributed by atoms with van der Waals surface area (Å²) >= 11 is 0. The van der Waals surface area contributed by atoms with Crippen molar-refractivity contribution in [2.45, 2.75) is 103 Å². The SMILES string of the molecule is CCCCCCCC(ON=C(C(N)=O)c1ccc2c(c1)C(C)(C)CCC2(C)C)OC(=O)c1ccccc1. The van der Waals surface area contributed by atoms with E-state index in [1.165, 1.54) is 11.1 Å². The Kier molecular flexibility index (Phi) is 9.52. The molecule has 0 radical (unpaired) electrons. The molecule has 2 aromatic rings. The molecule has 2 N–H and O–H groups in total. The van der Waals surface area contributed by atoms with E-state index in [0.717, 1.165) is 44.9 Å². The Morgan fingerprint density at radius 1 is 0.892 bits per heavy atom. The van der Waals surface area contributed by atoms with Crippen molar-refractivity contribution in [1.29, 1.82) is 0 Å². The zero-order valence-corrected chi connectivity index (χ0v) is 23.0. The van der Waals surface area contributed by atoms with Crippen molar-refractivity contribution in [1.82, 2.24) is 0 Å². The number of ether oxygens (including phenoxy) is 1. The molecule has 2 aromatic carbocycles. The Balaban J connectivity index is 1.84. The van der Waals surface area contributed by atoms with Crippen molar-refractivity contribution in [3.05, 3.63) is 70.8 Å². The number of rotatable bonds is 12. The van der Waals surface area contributed by atoms with Gasteiger partial charge in [-0.05, 0) is 59.4 Å². The van der Waals surface area contributed by atoms with Gasteiger partial charge in [0.2, 0.25) is 0 Å². The standard InChI is InChI=1S/C31H42N2O4/c1-6-7-8-9-13-16-26(36-29(35)22-14-11-10-12-15-22)37-33-27(28(32)34)23-17-18-24-25(21-23)31(4,5)20-19-30(24,2)3/h10-12,14-15,17-18,21,26H,6-9,13,16,19-20H2,1-5H3,(H2,32,34). The van der Waals surface area contributed by atoms with E-state index >= 15 is 0 Å². The molecule has 37 heavy (non-hydrogen) atoms. The molecule has 0 saturated carbocycles. The molecule has 1 aliphatic carbocycles. The molecule has 0 aromatic heterocycles. The number of primary amides is 1. The molecule has 1 amide bonds. The van der Waals surface area contributed by atoms with E-state index in [1.54, 1.807) is 24.3 Å². The fourth-order valence-corrected chi connectivity index (χ4v) is 4.90.